The molecule has 508 valence electrons. The molecule has 8 nitrogen and oxygen atoms in total. The molecule has 0 rings (SSSR count). The third-order valence-electron chi connectivity index (χ3n) is 16.9. The van der Waals surface area contributed by atoms with E-state index in [9.17, 15) is 19.4 Å². The predicted octanol–water partition coefficient (Wildman–Crippen LogP) is 23.6. The number of phosphoric acid groups is 1. The normalized spacial score (nSPS) is 14.1. The maximum atomic E-state index is 13.1. The van der Waals surface area contributed by atoms with E-state index in [4.69, 9.17) is 9.05 Å². The predicted molar refractivity (Wildman–Crippen MR) is 380 cm³/mol. The van der Waals surface area contributed by atoms with E-state index in [1.54, 1.807) is 6.08 Å². The molecule has 0 bridgehead atoms. The van der Waals surface area contributed by atoms with Crippen LogP contribution in [0, 0.1) is 0 Å². The molecule has 0 aromatic carbocycles. The Hall–Kier alpha value is -2.32. The second-order valence-electron chi connectivity index (χ2n) is 26.6. The quantitative estimate of drug-likeness (QED) is 0.0272. The van der Waals surface area contributed by atoms with Gasteiger partial charge in [0.1, 0.15) is 13.2 Å². The lowest BCUT2D eigenvalue weighted by atomic mass is 10.0. The van der Waals surface area contributed by atoms with Crippen molar-refractivity contribution in [1.29, 1.82) is 0 Å². The van der Waals surface area contributed by atoms with Crippen LogP contribution in [-0.4, -0.2) is 68.5 Å². The number of carbonyl (C=O) groups excluding carboxylic acids is 1. The minimum absolute atomic E-state index is 0.00105. The summed E-state index contributed by atoms with van der Waals surface area (Å²) < 4.78 is 23.5. The van der Waals surface area contributed by atoms with Gasteiger partial charge in [-0.1, -0.05) is 362 Å². The lowest BCUT2D eigenvalue weighted by molar-refractivity contribution is -0.870. The van der Waals surface area contributed by atoms with Gasteiger partial charge in [0.25, 0.3) is 7.82 Å². The first-order valence-corrected chi connectivity index (χ1v) is 38.9. The van der Waals surface area contributed by atoms with Crippen LogP contribution in [-0.2, 0) is 18.4 Å². The monoisotopic (exact) mass is 1240 g/mol. The molecule has 1 amide bonds. The third-order valence-corrected chi connectivity index (χ3v) is 17.8. The van der Waals surface area contributed by atoms with Gasteiger partial charge in [-0.3, -0.25) is 9.36 Å². The van der Waals surface area contributed by atoms with Gasteiger partial charge in [-0.2, -0.15) is 0 Å². The molecule has 9 heteroatoms. The van der Waals surface area contributed by atoms with Gasteiger partial charge in [0.05, 0.1) is 39.9 Å². The summed E-state index contributed by atoms with van der Waals surface area (Å²) in [6, 6.07) is -0.890. The van der Waals surface area contributed by atoms with Crippen LogP contribution in [0.4, 0.5) is 0 Å². The highest BCUT2D eigenvalue weighted by Gasteiger charge is 2.23. The van der Waals surface area contributed by atoms with E-state index < -0.39 is 20.0 Å². The molecule has 0 fully saturated rings. The number of hydrogen-bond acceptors (Lipinski definition) is 6. The van der Waals surface area contributed by atoms with Crippen molar-refractivity contribution in [2.24, 2.45) is 0 Å². The van der Waals surface area contributed by atoms with Crippen LogP contribution in [0.3, 0.4) is 0 Å². The molecule has 0 aliphatic rings. The van der Waals surface area contributed by atoms with Crippen LogP contribution >= 0.6 is 7.82 Å². The van der Waals surface area contributed by atoms with Crippen LogP contribution in [0.1, 0.15) is 354 Å². The highest BCUT2D eigenvalue weighted by molar-refractivity contribution is 7.45. The van der Waals surface area contributed by atoms with Gasteiger partial charge >= 0.3 is 0 Å². The number of phosphoric ester groups is 1. The Morgan fingerprint density at radius 1 is 0.414 bits per heavy atom. The zero-order valence-corrected chi connectivity index (χ0v) is 59.1. The topological polar surface area (TPSA) is 108 Å². The molecule has 0 aromatic heterocycles. The summed E-state index contributed by atoms with van der Waals surface area (Å²) in [5.41, 5.74) is 0. The van der Waals surface area contributed by atoms with Gasteiger partial charge in [-0.05, 0) is 70.6 Å². The number of hydrogen-bond donors (Lipinski definition) is 2. The number of nitrogens with one attached hydrogen (secondary N) is 1. The fourth-order valence-electron chi connectivity index (χ4n) is 11.1. The van der Waals surface area contributed by atoms with Crippen molar-refractivity contribution in [3.05, 3.63) is 85.1 Å². The van der Waals surface area contributed by atoms with E-state index in [2.05, 4.69) is 92.1 Å². The summed E-state index contributed by atoms with van der Waals surface area (Å²) in [5, 5.41) is 14.0. The number of allylic oxidation sites excluding steroid dienone is 13. The Morgan fingerprint density at radius 3 is 1.02 bits per heavy atom. The number of quaternary nitrogens is 1. The lowest BCUT2D eigenvalue weighted by Crippen LogP contribution is -2.45. The molecule has 87 heavy (non-hydrogen) atoms. The van der Waals surface area contributed by atoms with E-state index in [0.717, 1.165) is 77.0 Å². The molecular formula is C78H145N2O6P. The molecule has 0 spiro atoms. The third kappa shape index (κ3) is 71.0. The largest absolute Gasteiger partial charge is 0.756 e. The maximum absolute atomic E-state index is 13.1. The van der Waals surface area contributed by atoms with Gasteiger partial charge in [-0.25, -0.2) is 0 Å². The fourth-order valence-corrected chi connectivity index (χ4v) is 11.8. The van der Waals surface area contributed by atoms with Gasteiger partial charge < -0.3 is 28.8 Å². The highest BCUT2D eigenvalue weighted by Crippen LogP contribution is 2.38. The molecule has 0 aliphatic heterocycles. The Bertz CT molecular complexity index is 1700. The number of amides is 1. The maximum Gasteiger partial charge on any atom is 0.268 e. The Kier molecular flexibility index (Phi) is 66.2. The van der Waals surface area contributed by atoms with Crippen LogP contribution in [0.25, 0.3) is 0 Å². The van der Waals surface area contributed by atoms with Crippen LogP contribution in [0.5, 0.6) is 0 Å². The molecule has 0 saturated heterocycles. The number of aliphatic hydroxyl groups excluding tert-OH is 1. The minimum atomic E-state index is -4.61. The van der Waals surface area contributed by atoms with Crippen molar-refractivity contribution in [3.63, 3.8) is 0 Å². The summed E-state index contributed by atoms with van der Waals surface area (Å²) in [7, 11) is 1.27. The molecule has 0 radical (unpaired) electrons. The number of rotatable bonds is 69. The van der Waals surface area contributed by atoms with Gasteiger partial charge in [0.15, 0.2) is 0 Å². The Morgan fingerprint density at radius 2 is 0.701 bits per heavy atom. The van der Waals surface area contributed by atoms with Crippen molar-refractivity contribution in [2.75, 3.05) is 40.9 Å². The van der Waals surface area contributed by atoms with Crippen LogP contribution in [0.15, 0.2) is 85.1 Å². The summed E-state index contributed by atoms with van der Waals surface area (Å²) in [5.74, 6) is -0.192. The number of aliphatic hydroxyl groups is 1. The van der Waals surface area contributed by atoms with Crippen molar-refractivity contribution in [2.45, 2.75) is 366 Å². The number of nitrogens with zero attached hydrogens (tertiary/aromatic N) is 1. The molecule has 0 aliphatic carbocycles. The average Bonchev–Trinajstić information content (AvgIpc) is 3.69. The summed E-state index contributed by atoms with van der Waals surface area (Å²) in [4.78, 5) is 25.7. The second kappa shape index (κ2) is 68.1. The van der Waals surface area contributed by atoms with E-state index in [1.165, 1.54) is 257 Å². The molecule has 3 unspecified atom stereocenters. The second-order valence-corrected chi connectivity index (χ2v) is 28.0. The smallest absolute Gasteiger partial charge is 0.268 e. The summed E-state index contributed by atoms with van der Waals surface area (Å²) in [6.07, 6.45) is 97.2. The molecule has 0 heterocycles. The van der Waals surface area contributed by atoms with Crippen molar-refractivity contribution < 1.29 is 32.9 Å². The fraction of sp³-hybridized carbons (Fsp3) is 0.808. The van der Waals surface area contributed by atoms with Gasteiger partial charge in [-0.15, -0.1) is 0 Å². The van der Waals surface area contributed by atoms with Gasteiger partial charge in [0.2, 0.25) is 5.91 Å². The van der Waals surface area contributed by atoms with Gasteiger partial charge in [0, 0.05) is 6.42 Å². The highest BCUT2D eigenvalue weighted by atomic mass is 31.2. The number of unbranched alkanes of at least 4 members (excludes halogenated alkanes) is 44. The molecule has 3 atom stereocenters. The Labute approximate surface area is 541 Å². The molecule has 0 saturated carbocycles. The molecule has 0 aromatic rings. The molecule has 2 N–H and O–H groups in total. The standard InChI is InChI=1S/C78H145N2O6P/c1-6-8-10-12-14-16-18-20-22-24-26-28-30-32-34-35-36-37-38-39-40-41-42-43-44-45-46-48-50-52-54-56-58-60-62-64-66-68-70-72-78(82)79-76(75-86-87(83,84)85-74-73-80(3,4)5)77(81)71-69-67-65-63-61-59-57-55-53-51-49-47-33-31-29-27-25-23-21-19-17-15-13-11-9-7-2/h8,10,14,16,20,22,26,28,32,34,36-37,69,71,76-77,81H,6-7,9,11-13,15,17-19,21,23-25,27,29-31,33,35,38-68,70,72-75H2,1-5H3,(H-,79,82,83,84)/b10-8-,16-14-,22-20-,28-26-,34-32-,37-36-,71-69+. The van der Waals surface area contributed by atoms with E-state index >= 15 is 0 Å². The van der Waals surface area contributed by atoms with E-state index in [0.29, 0.717) is 17.4 Å². The zero-order valence-electron chi connectivity index (χ0n) is 58.2. The van der Waals surface area contributed by atoms with E-state index in [1.807, 2.05) is 27.2 Å². The minimum Gasteiger partial charge on any atom is -0.756 e. The van der Waals surface area contributed by atoms with Crippen molar-refractivity contribution in [1.82, 2.24) is 5.32 Å². The SMILES string of the molecule is CC/C=C\C/C=C\C/C=C\C/C=C\C/C=C\C/C=C\CCCCCCCCCCCCCCCCCCCCCCC(=O)NC(COP(=O)([O-])OCC[N+](C)(C)C)C(O)/C=C/CCCCCCCCCCCCCCCCCCCCCCCCCC. The number of carbonyl (C=O) groups is 1. The zero-order chi connectivity index (χ0) is 63.4. The Balaban J connectivity index is 3.99. The van der Waals surface area contributed by atoms with Crippen molar-refractivity contribution >= 4 is 13.7 Å². The average molecular weight is 1240 g/mol. The lowest BCUT2D eigenvalue weighted by Gasteiger charge is -2.29. The summed E-state index contributed by atoms with van der Waals surface area (Å²) in [6.45, 7) is 4.58. The number of likely N-dealkylation sites (N-methyl/N-ethyl adjacent to an activating group) is 1. The molecular weight excluding hydrogens is 1090 g/mol. The van der Waals surface area contributed by atoms with Crippen LogP contribution in [0.2, 0.25) is 0 Å². The summed E-state index contributed by atoms with van der Waals surface area (Å²) >= 11 is 0. The van der Waals surface area contributed by atoms with Crippen LogP contribution < -0.4 is 10.2 Å². The first kappa shape index (κ1) is 84.7. The first-order chi connectivity index (χ1) is 42.5. The van der Waals surface area contributed by atoms with E-state index in [-0.39, 0.29) is 19.1 Å². The first-order valence-electron chi connectivity index (χ1n) is 37.4. The van der Waals surface area contributed by atoms with Crippen molar-refractivity contribution in [3.8, 4) is 0 Å².